The lowest BCUT2D eigenvalue weighted by molar-refractivity contribution is -0.138. The molecular weight excluding hydrogens is 276 g/mol. The van der Waals surface area contributed by atoms with E-state index in [1.807, 2.05) is 17.0 Å². The lowest BCUT2D eigenvalue weighted by atomic mass is 10.1. The maximum atomic E-state index is 10.8. The van der Waals surface area contributed by atoms with Crippen molar-refractivity contribution in [3.63, 3.8) is 0 Å². The van der Waals surface area contributed by atoms with Crippen LogP contribution in [0, 0.1) is 6.92 Å². The van der Waals surface area contributed by atoms with Crippen LogP contribution < -0.4 is 0 Å². The van der Waals surface area contributed by atoms with Gasteiger partial charge in [0.15, 0.2) is 0 Å². The monoisotopic (exact) mass is 296 g/mol. The molecular formula is C15H21ClN2O2. The van der Waals surface area contributed by atoms with Gasteiger partial charge in [-0.2, -0.15) is 0 Å². The number of aliphatic carboxylic acids is 1. The van der Waals surface area contributed by atoms with Crippen molar-refractivity contribution in [2.24, 2.45) is 0 Å². The molecule has 1 N–H and O–H groups in total. The van der Waals surface area contributed by atoms with Gasteiger partial charge in [-0.25, -0.2) is 0 Å². The van der Waals surface area contributed by atoms with E-state index in [4.69, 9.17) is 16.7 Å². The Balaban J connectivity index is 1.92. The van der Waals surface area contributed by atoms with Crippen molar-refractivity contribution < 1.29 is 9.90 Å². The van der Waals surface area contributed by atoms with Crippen molar-refractivity contribution in [3.8, 4) is 0 Å². The van der Waals surface area contributed by atoms with Gasteiger partial charge in [0.1, 0.15) is 0 Å². The second kappa shape index (κ2) is 7.07. The number of nitrogens with zero attached hydrogens (tertiary/aromatic N) is 2. The summed E-state index contributed by atoms with van der Waals surface area (Å²) >= 11 is 5.98. The lowest BCUT2D eigenvalue weighted by Crippen LogP contribution is -2.34. The van der Waals surface area contributed by atoms with E-state index in [0.717, 1.165) is 44.2 Å². The van der Waals surface area contributed by atoms with Gasteiger partial charge in [-0.15, -0.1) is 0 Å². The third-order valence-electron chi connectivity index (χ3n) is 3.74. The van der Waals surface area contributed by atoms with Crippen LogP contribution in [0.5, 0.6) is 0 Å². The van der Waals surface area contributed by atoms with Gasteiger partial charge >= 0.3 is 5.97 Å². The predicted octanol–water partition coefficient (Wildman–Crippen LogP) is 2.24. The van der Waals surface area contributed by atoms with Crippen molar-refractivity contribution in [3.05, 3.63) is 34.3 Å². The minimum atomic E-state index is -0.744. The molecule has 1 aromatic rings. The quantitative estimate of drug-likeness (QED) is 0.925. The molecule has 0 amide bonds. The largest absolute Gasteiger partial charge is 0.480 e. The van der Waals surface area contributed by atoms with E-state index in [0.29, 0.717) is 0 Å². The Hall–Kier alpha value is -1.10. The van der Waals surface area contributed by atoms with Crippen molar-refractivity contribution in [1.29, 1.82) is 0 Å². The smallest absolute Gasteiger partial charge is 0.317 e. The summed E-state index contributed by atoms with van der Waals surface area (Å²) in [6, 6.07) is 6.00. The molecule has 5 heteroatoms. The zero-order valence-corrected chi connectivity index (χ0v) is 12.6. The molecule has 110 valence electrons. The van der Waals surface area contributed by atoms with Crippen LogP contribution in [0.1, 0.15) is 17.5 Å². The van der Waals surface area contributed by atoms with Gasteiger partial charge in [0.2, 0.25) is 0 Å². The van der Waals surface area contributed by atoms with Crippen LogP contribution in [0.3, 0.4) is 0 Å². The predicted molar refractivity (Wildman–Crippen MR) is 80.2 cm³/mol. The first-order chi connectivity index (χ1) is 9.54. The summed E-state index contributed by atoms with van der Waals surface area (Å²) in [5.41, 5.74) is 2.50. The second-order valence-corrected chi connectivity index (χ2v) is 5.81. The molecule has 20 heavy (non-hydrogen) atoms. The summed E-state index contributed by atoms with van der Waals surface area (Å²) < 4.78 is 0. The molecule has 0 spiro atoms. The SMILES string of the molecule is Cc1cc(Cl)ccc1CN1CCCN(CC(=O)O)CC1. The van der Waals surface area contributed by atoms with E-state index in [2.05, 4.69) is 17.9 Å². The molecule has 1 aliphatic heterocycles. The number of hydrogen-bond acceptors (Lipinski definition) is 3. The van der Waals surface area contributed by atoms with E-state index in [9.17, 15) is 4.79 Å². The molecule has 0 unspecified atom stereocenters. The fraction of sp³-hybridized carbons (Fsp3) is 0.533. The van der Waals surface area contributed by atoms with Gasteiger partial charge in [0.05, 0.1) is 6.54 Å². The van der Waals surface area contributed by atoms with Gasteiger partial charge in [0.25, 0.3) is 0 Å². The van der Waals surface area contributed by atoms with E-state index in [1.54, 1.807) is 0 Å². The third-order valence-corrected chi connectivity index (χ3v) is 3.97. The standard InChI is InChI=1S/C15H21ClN2O2/c1-12-9-14(16)4-3-13(12)10-17-5-2-6-18(8-7-17)11-15(19)20/h3-4,9H,2,5-8,10-11H2,1H3,(H,19,20). The van der Waals surface area contributed by atoms with Crippen LogP contribution >= 0.6 is 11.6 Å². The van der Waals surface area contributed by atoms with Crippen LogP contribution in [0.4, 0.5) is 0 Å². The van der Waals surface area contributed by atoms with Gasteiger partial charge < -0.3 is 5.11 Å². The van der Waals surface area contributed by atoms with E-state index >= 15 is 0 Å². The third kappa shape index (κ3) is 4.47. The molecule has 0 bridgehead atoms. The zero-order valence-electron chi connectivity index (χ0n) is 11.8. The summed E-state index contributed by atoms with van der Waals surface area (Å²) in [5, 5.41) is 9.63. The van der Waals surface area contributed by atoms with Crippen LogP contribution in [-0.2, 0) is 11.3 Å². The molecule has 1 aliphatic rings. The number of carboxylic acids is 1. The van der Waals surface area contributed by atoms with Gasteiger partial charge in [-0.3, -0.25) is 14.6 Å². The van der Waals surface area contributed by atoms with E-state index < -0.39 is 5.97 Å². The maximum absolute atomic E-state index is 10.8. The molecule has 2 rings (SSSR count). The second-order valence-electron chi connectivity index (χ2n) is 5.37. The number of aryl methyl sites for hydroxylation is 1. The first kappa shape index (κ1) is 15.3. The first-order valence-corrected chi connectivity index (χ1v) is 7.34. The molecule has 0 aromatic heterocycles. The number of benzene rings is 1. The van der Waals surface area contributed by atoms with Gasteiger partial charge in [-0.1, -0.05) is 17.7 Å². The Morgan fingerprint density at radius 2 is 1.95 bits per heavy atom. The average molecular weight is 297 g/mol. The van der Waals surface area contributed by atoms with Crippen molar-refractivity contribution in [2.45, 2.75) is 19.9 Å². The van der Waals surface area contributed by atoms with Crippen molar-refractivity contribution >= 4 is 17.6 Å². The number of halogens is 1. The first-order valence-electron chi connectivity index (χ1n) is 6.96. The fourth-order valence-corrected chi connectivity index (χ4v) is 2.84. The topological polar surface area (TPSA) is 43.8 Å². The highest BCUT2D eigenvalue weighted by atomic mass is 35.5. The minimum absolute atomic E-state index is 0.147. The van der Waals surface area contributed by atoms with Crippen molar-refractivity contribution in [1.82, 2.24) is 9.80 Å². The highest BCUT2D eigenvalue weighted by Crippen LogP contribution is 2.17. The van der Waals surface area contributed by atoms with Gasteiger partial charge in [0, 0.05) is 31.2 Å². The summed E-state index contributed by atoms with van der Waals surface area (Å²) in [5.74, 6) is -0.744. The Kier molecular flexibility index (Phi) is 5.40. The van der Waals surface area contributed by atoms with Crippen LogP contribution in [0.2, 0.25) is 5.02 Å². The molecule has 4 nitrogen and oxygen atoms in total. The summed E-state index contributed by atoms with van der Waals surface area (Å²) in [6.45, 7) is 6.74. The molecule has 1 fully saturated rings. The Bertz CT molecular complexity index is 479. The van der Waals surface area contributed by atoms with Gasteiger partial charge in [-0.05, 0) is 43.1 Å². The number of hydrogen-bond donors (Lipinski definition) is 1. The van der Waals surface area contributed by atoms with Crippen LogP contribution in [-0.4, -0.2) is 53.6 Å². The lowest BCUT2D eigenvalue weighted by Gasteiger charge is -2.21. The molecule has 1 saturated heterocycles. The average Bonchev–Trinajstić information content (AvgIpc) is 2.58. The Morgan fingerprint density at radius 3 is 2.65 bits per heavy atom. The minimum Gasteiger partial charge on any atom is -0.480 e. The summed E-state index contributed by atoms with van der Waals surface area (Å²) in [6.07, 6.45) is 1.01. The normalized spacial score (nSPS) is 17.9. The molecule has 1 aromatic carbocycles. The highest BCUT2D eigenvalue weighted by Gasteiger charge is 2.17. The number of rotatable bonds is 4. The summed E-state index contributed by atoms with van der Waals surface area (Å²) in [7, 11) is 0. The van der Waals surface area contributed by atoms with Crippen molar-refractivity contribution in [2.75, 3.05) is 32.7 Å². The fourth-order valence-electron chi connectivity index (χ4n) is 2.61. The highest BCUT2D eigenvalue weighted by molar-refractivity contribution is 6.30. The molecule has 1 heterocycles. The maximum Gasteiger partial charge on any atom is 0.317 e. The number of carboxylic acid groups (broad SMARTS) is 1. The molecule has 0 saturated carbocycles. The zero-order chi connectivity index (χ0) is 14.5. The van der Waals surface area contributed by atoms with Crippen LogP contribution in [0.15, 0.2) is 18.2 Å². The molecule has 0 radical (unpaired) electrons. The Morgan fingerprint density at radius 1 is 1.25 bits per heavy atom. The summed E-state index contributed by atoms with van der Waals surface area (Å²) in [4.78, 5) is 15.2. The van der Waals surface area contributed by atoms with E-state index in [-0.39, 0.29) is 6.54 Å². The van der Waals surface area contributed by atoms with E-state index in [1.165, 1.54) is 11.1 Å². The Labute approximate surface area is 124 Å². The molecule has 0 atom stereocenters. The number of carbonyl (C=O) groups is 1. The molecule has 0 aliphatic carbocycles. The van der Waals surface area contributed by atoms with Crippen LogP contribution in [0.25, 0.3) is 0 Å².